The molecule has 2 aromatic carbocycles. The Balaban J connectivity index is 1.42. The van der Waals surface area contributed by atoms with Crippen molar-refractivity contribution < 1.29 is 22.3 Å². The molecule has 31 heavy (non-hydrogen) atoms. The molecule has 7 nitrogen and oxygen atoms in total. The van der Waals surface area contributed by atoms with Gasteiger partial charge >= 0.3 is 6.36 Å². The fraction of sp³-hybridized carbons (Fsp3) is 0.250. The zero-order valence-corrected chi connectivity index (χ0v) is 17.2. The molecular weight excluding hydrogens is 431 g/mol. The quantitative estimate of drug-likeness (QED) is 0.369. The summed E-state index contributed by atoms with van der Waals surface area (Å²) in [6, 6.07) is 13.6. The molecule has 0 aliphatic heterocycles. The summed E-state index contributed by atoms with van der Waals surface area (Å²) in [5.41, 5.74) is 1.67. The van der Waals surface area contributed by atoms with Crippen LogP contribution in [0.4, 0.5) is 18.9 Å². The molecule has 0 aliphatic rings. The van der Waals surface area contributed by atoms with Crippen LogP contribution in [0.15, 0.2) is 58.1 Å². The summed E-state index contributed by atoms with van der Waals surface area (Å²) in [5, 5.41) is 12.5. The number of halogens is 3. The Bertz CT molecular complexity index is 1160. The maximum atomic E-state index is 12.4. The van der Waals surface area contributed by atoms with Gasteiger partial charge in [0.25, 0.3) is 0 Å². The van der Waals surface area contributed by atoms with Crippen molar-refractivity contribution >= 4 is 28.5 Å². The topological polar surface area (TPSA) is 78.0 Å². The molecule has 2 heterocycles. The largest absolute Gasteiger partial charge is 0.573 e. The number of hydrogen-bond acceptors (Lipinski definition) is 7. The zero-order valence-electron chi connectivity index (χ0n) is 16.4. The molecule has 162 valence electrons. The molecule has 0 spiro atoms. The van der Waals surface area contributed by atoms with Crippen molar-refractivity contribution in [2.75, 3.05) is 5.32 Å². The van der Waals surface area contributed by atoms with E-state index in [2.05, 4.69) is 25.2 Å². The van der Waals surface area contributed by atoms with Crippen LogP contribution >= 0.6 is 11.8 Å². The van der Waals surface area contributed by atoms with Crippen LogP contribution in [0.5, 0.6) is 5.75 Å². The highest BCUT2D eigenvalue weighted by molar-refractivity contribution is 7.98. The van der Waals surface area contributed by atoms with E-state index >= 15 is 0 Å². The molecule has 0 saturated heterocycles. The fourth-order valence-electron chi connectivity index (χ4n) is 2.95. The van der Waals surface area contributed by atoms with E-state index in [-0.39, 0.29) is 11.3 Å². The van der Waals surface area contributed by atoms with Crippen LogP contribution in [-0.4, -0.2) is 26.1 Å². The van der Waals surface area contributed by atoms with Crippen molar-refractivity contribution in [3.63, 3.8) is 0 Å². The second kappa shape index (κ2) is 8.88. The number of benzene rings is 2. The maximum Gasteiger partial charge on any atom is 0.573 e. The molecule has 0 atom stereocenters. The zero-order chi connectivity index (χ0) is 21.8. The summed E-state index contributed by atoms with van der Waals surface area (Å²) >= 11 is 1.39. The molecule has 2 aromatic heterocycles. The number of nitrogens with zero attached hydrogens (tertiary/aromatic N) is 4. The lowest BCUT2D eigenvalue weighted by molar-refractivity contribution is -0.274. The first-order valence-electron chi connectivity index (χ1n) is 9.40. The van der Waals surface area contributed by atoms with Gasteiger partial charge in [-0.3, -0.25) is 0 Å². The van der Waals surface area contributed by atoms with Gasteiger partial charge in [-0.05, 0) is 31.2 Å². The predicted molar refractivity (Wildman–Crippen MR) is 110 cm³/mol. The Morgan fingerprint density at radius 2 is 1.94 bits per heavy atom. The minimum atomic E-state index is -4.76. The monoisotopic (exact) mass is 449 g/mol. The van der Waals surface area contributed by atoms with Gasteiger partial charge in [0, 0.05) is 18.3 Å². The molecular formula is C20H18F3N5O2S. The van der Waals surface area contributed by atoms with Crippen molar-refractivity contribution in [3.8, 4) is 5.75 Å². The number of rotatable bonds is 8. The van der Waals surface area contributed by atoms with Crippen molar-refractivity contribution in [2.24, 2.45) is 0 Å². The van der Waals surface area contributed by atoms with Gasteiger partial charge in [0.1, 0.15) is 11.3 Å². The molecule has 0 bridgehead atoms. The van der Waals surface area contributed by atoms with E-state index in [1.54, 1.807) is 0 Å². The van der Waals surface area contributed by atoms with E-state index < -0.39 is 6.36 Å². The van der Waals surface area contributed by atoms with Gasteiger partial charge in [0.05, 0.1) is 12.3 Å². The summed E-state index contributed by atoms with van der Waals surface area (Å²) in [6.07, 6.45) is -4.76. The van der Waals surface area contributed by atoms with Crippen molar-refractivity contribution in [1.82, 2.24) is 19.7 Å². The molecule has 4 rings (SSSR count). The van der Waals surface area contributed by atoms with Gasteiger partial charge in [0.15, 0.2) is 16.6 Å². The summed E-state index contributed by atoms with van der Waals surface area (Å²) in [7, 11) is 0. The van der Waals surface area contributed by atoms with E-state index in [0.717, 1.165) is 11.5 Å². The predicted octanol–water partition coefficient (Wildman–Crippen LogP) is 5.24. The molecule has 11 heteroatoms. The molecule has 0 saturated carbocycles. The van der Waals surface area contributed by atoms with Crippen molar-refractivity contribution in [2.45, 2.75) is 37.3 Å². The highest BCUT2D eigenvalue weighted by Gasteiger charge is 2.31. The molecule has 0 unspecified atom stereocenters. The van der Waals surface area contributed by atoms with E-state index in [9.17, 15) is 13.2 Å². The molecule has 4 aromatic rings. The number of oxazole rings is 1. The second-order valence-corrected chi connectivity index (χ2v) is 7.38. The SMILES string of the molecule is CCn1c(CNc2ccccc2)nnc1SCc1nc2ccc(OC(F)(F)F)cc2o1. The van der Waals surface area contributed by atoms with Gasteiger partial charge in [-0.2, -0.15) is 0 Å². The third-order valence-corrected chi connectivity index (χ3v) is 5.25. The first-order valence-corrected chi connectivity index (χ1v) is 10.4. The smallest absolute Gasteiger partial charge is 0.440 e. The number of alkyl halides is 3. The molecule has 0 radical (unpaired) electrons. The third kappa shape index (κ3) is 5.29. The van der Waals surface area contributed by atoms with Gasteiger partial charge in [-0.1, -0.05) is 30.0 Å². The van der Waals surface area contributed by atoms with Gasteiger partial charge in [0.2, 0.25) is 5.89 Å². The lowest BCUT2D eigenvalue weighted by Gasteiger charge is -2.08. The van der Waals surface area contributed by atoms with E-state index in [0.29, 0.717) is 35.4 Å². The summed E-state index contributed by atoms with van der Waals surface area (Å²) in [6.45, 7) is 3.21. The molecule has 0 amide bonds. The summed E-state index contributed by atoms with van der Waals surface area (Å²) < 4.78 is 48.6. The fourth-order valence-corrected chi connectivity index (χ4v) is 3.81. The Labute approximate surface area is 179 Å². The number of anilines is 1. The van der Waals surface area contributed by atoms with Crippen LogP contribution in [-0.2, 0) is 18.8 Å². The average Bonchev–Trinajstić information content (AvgIpc) is 3.32. The Kier molecular flexibility index (Phi) is 6.03. The standard InChI is InChI=1S/C20H18F3N5O2S/c1-2-28-17(11-24-13-6-4-3-5-7-13)26-27-19(28)31-12-18-25-15-9-8-14(10-16(15)29-18)30-20(21,22)23/h3-10,24H,2,11-12H2,1H3. The Morgan fingerprint density at radius 3 is 2.68 bits per heavy atom. The van der Waals surface area contributed by atoms with Gasteiger partial charge in [-0.15, -0.1) is 23.4 Å². The van der Waals surface area contributed by atoms with Crippen LogP contribution < -0.4 is 10.1 Å². The number of nitrogens with one attached hydrogen (secondary N) is 1. The van der Waals surface area contributed by atoms with Crippen LogP contribution in [0.3, 0.4) is 0 Å². The number of fused-ring (bicyclic) bond motifs is 1. The molecule has 0 aliphatic carbocycles. The highest BCUT2D eigenvalue weighted by atomic mass is 32.2. The summed E-state index contributed by atoms with van der Waals surface area (Å²) in [5.74, 6) is 1.17. The summed E-state index contributed by atoms with van der Waals surface area (Å²) in [4.78, 5) is 4.31. The molecule has 1 N–H and O–H groups in total. The van der Waals surface area contributed by atoms with Crippen LogP contribution in [0.2, 0.25) is 0 Å². The van der Waals surface area contributed by atoms with E-state index in [4.69, 9.17) is 4.42 Å². The number of ether oxygens (including phenoxy) is 1. The normalized spacial score (nSPS) is 11.7. The number of para-hydroxylation sites is 1. The van der Waals surface area contributed by atoms with Crippen LogP contribution in [0.1, 0.15) is 18.6 Å². The average molecular weight is 449 g/mol. The Hall–Kier alpha value is -3.21. The van der Waals surface area contributed by atoms with Crippen molar-refractivity contribution in [1.29, 1.82) is 0 Å². The van der Waals surface area contributed by atoms with Gasteiger partial charge in [-0.25, -0.2) is 4.98 Å². The number of thioether (sulfide) groups is 1. The first-order chi connectivity index (χ1) is 14.9. The Morgan fingerprint density at radius 1 is 1.13 bits per heavy atom. The number of aromatic nitrogens is 4. The van der Waals surface area contributed by atoms with E-state index in [1.807, 2.05) is 41.8 Å². The van der Waals surface area contributed by atoms with Crippen LogP contribution in [0, 0.1) is 0 Å². The maximum absolute atomic E-state index is 12.4. The minimum Gasteiger partial charge on any atom is -0.440 e. The van der Waals surface area contributed by atoms with Crippen molar-refractivity contribution in [3.05, 3.63) is 60.2 Å². The lowest BCUT2D eigenvalue weighted by Crippen LogP contribution is -2.16. The number of hydrogen-bond donors (Lipinski definition) is 1. The first kappa shape index (κ1) is 21.0. The molecule has 0 fully saturated rings. The minimum absolute atomic E-state index is 0.224. The second-order valence-electron chi connectivity index (χ2n) is 6.44. The lowest BCUT2D eigenvalue weighted by atomic mass is 10.3. The van der Waals surface area contributed by atoms with Crippen LogP contribution in [0.25, 0.3) is 11.1 Å². The highest BCUT2D eigenvalue weighted by Crippen LogP contribution is 2.29. The van der Waals surface area contributed by atoms with Gasteiger partial charge < -0.3 is 19.0 Å². The third-order valence-electron chi connectivity index (χ3n) is 4.30. The van der Waals surface area contributed by atoms with E-state index in [1.165, 1.54) is 30.0 Å².